The number of benzene rings is 1. The predicted molar refractivity (Wildman–Crippen MR) is 114 cm³/mol. The second kappa shape index (κ2) is 8.35. The average Bonchev–Trinajstić information content (AvgIpc) is 3.34. The lowest BCUT2D eigenvalue weighted by molar-refractivity contribution is -0.137. The molecule has 0 unspecified atom stereocenters. The van der Waals surface area contributed by atoms with E-state index in [-0.39, 0.29) is 17.4 Å². The Morgan fingerprint density at radius 1 is 1.00 bits per heavy atom. The molecular formula is C21H21ClF3N3O2S. The number of carbonyl (C=O) groups excluding carboxylic acids is 2. The minimum Gasteiger partial charge on any atom is -0.338 e. The molecular weight excluding hydrogens is 451 g/mol. The van der Waals surface area contributed by atoms with Crippen LogP contribution >= 0.6 is 22.9 Å². The van der Waals surface area contributed by atoms with Crippen LogP contribution in [-0.2, 0) is 6.18 Å². The number of hydrogen-bond donors (Lipinski definition) is 1. The largest absolute Gasteiger partial charge is 0.416 e. The van der Waals surface area contributed by atoms with Crippen LogP contribution in [0.4, 0.5) is 23.7 Å². The number of hydrogen-bond acceptors (Lipinski definition) is 3. The first kappa shape index (κ1) is 22.0. The Morgan fingerprint density at radius 2 is 1.61 bits per heavy atom. The first-order valence-electron chi connectivity index (χ1n) is 9.92. The number of urea groups is 1. The lowest BCUT2D eigenvalue weighted by Gasteiger charge is -2.39. The normalized spacial score (nSPS) is 18.5. The van der Waals surface area contributed by atoms with Crippen LogP contribution in [0.3, 0.4) is 0 Å². The van der Waals surface area contributed by atoms with Gasteiger partial charge in [0, 0.05) is 31.9 Å². The highest BCUT2D eigenvalue weighted by Crippen LogP contribution is 2.41. The van der Waals surface area contributed by atoms with E-state index in [1.165, 1.54) is 23.5 Å². The van der Waals surface area contributed by atoms with Crippen LogP contribution in [-0.4, -0.2) is 47.9 Å². The summed E-state index contributed by atoms with van der Waals surface area (Å²) in [5.74, 6) is -0.0512. The van der Waals surface area contributed by atoms with Gasteiger partial charge >= 0.3 is 12.2 Å². The smallest absolute Gasteiger partial charge is 0.338 e. The molecule has 2 aromatic rings. The summed E-state index contributed by atoms with van der Waals surface area (Å²) >= 11 is 7.42. The second-order valence-electron chi connectivity index (χ2n) is 8.07. The molecule has 0 bridgehead atoms. The lowest BCUT2D eigenvalue weighted by atomic mass is 9.78. The molecule has 3 heterocycles. The molecule has 31 heavy (non-hydrogen) atoms. The number of anilines is 1. The lowest BCUT2D eigenvalue weighted by Crippen LogP contribution is -2.45. The number of alkyl halides is 3. The topological polar surface area (TPSA) is 52.7 Å². The van der Waals surface area contributed by atoms with E-state index < -0.39 is 11.7 Å². The second-order valence-corrected chi connectivity index (χ2v) is 9.39. The van der Waals surface area contributed by atoms with Gasteiger partial charge < -0.3 is 15.1 Å². The summed E-state index contributed by atoms with van der Waals surface area (Å²) < 4.78 is 38.0. The van der Waals surface area contributed by atoms with Gasteiger partial charge in [-0.05, 0) is 60.4 Å². The summed E-state index contributed by atoms with van der Waals surface area (Å²) in [5, 5.41) is 4.95. The number of carbonyl (C=O) groups is 2. The third kappa shape index (κ3) is 4.67. The van der Waals surface area contributed by atoms with Crippen molar-refractivity contribution < 1.29 is 22.8 Å². The molecule has 166 valence electrons. The summed E-state index contributed by atoms with van der Waals surface area (Å²) in [6.45, 7) is 2.38. The van der Waals surface area contributed by atoms with Crippen LogP contribution in [0.5, 0.6) is 0 Å². The number of halogens is 4. The Balaban J connectivity index is 1.31. The molecule has 0 radical (unpaired) electrons. The van der Waals surface area contributed by atoms with Crippen molar-refractivity contribution in [2.75, 3.05) is 31.5 Å². The highest BCUT2D eigenvalue weighted by Gasteiger charge is 2.43. The monoisotopic (exact) mass is 471 g/mol. The number of amides is 3. The van der Waals surface area contributed by atoms with Crippen molar-refractivity contribution in [1.82, 2.24) is 9.80 Å². The van der Waals surface area contributed by atoms with Crippen molar-refractivity contribution in [2.24, 2.45) is 5.41 Å². The number of rotatable bonds is 2. The van der Waals surface area contributed by atoms with E-state index in [1.54, 1.807) is 16.3 Å². The van der Waals surface area contributed by atoms with E-state index in [0.29, 0.717) is 41.8 Å². The number of nitrogens with one attached hydrogen (secondary N) is 1. The molecule has 5 nitrogen and oxygen atoms in total. The summed E-state index contributed by atoms with van der Waals surface area (Å²) in [6, 6.07) is 5.82. The summed E-state index contributed by atoms with van der Waals surface area (Å²) in [5.41, 5.74) is -0.462. The molecule has 0 saturated carbocycles. The van der Waals surface area contributed by atoms with E-state index in [2.05, 4.69) is 5.32 Å². The maximum Gasteiger partial charge on any atom is 0.416 e. The summed E-state index contributed by atoms with van der Waals surface area (Å²) in [6.07, 6.45) is -1.97. The van der Waals surface area contributed by atoms with Crippen LogP contribution in [0, 0.1) is 5.41 Å². The molecule has 2 saturated heterocycles. The van der Waals surface area contributed by atoms with E-state index in [0.717, 1.165) is 31.4 Å². The number of nitrogens with zero attached hydrogens (tertiary/aromatic N) is 2. The molecule has 1 spiro atoms. The van der Waals surface area contributed by atoms with Gasteiger partial charge in [0.15, 0.2) is 0 Å². The molecule has 10 heteroatoms. The number of thiophene rings is 1. The molecule has 0 atom stereocenters. The van der Waals surface area contributed by atoms with Gasteiger partial charge in [-0.2, -0.15) is 13.2 Å². The zero-order valence-electron chi connectivity index (χ0n) is 16.5. The molecule has 0 aliphatic carbocycles. The Kier molecular flexibility index (Phi) is 5.91. The molecule has 2 aliphatic rings. The van der Waals surface area contributed by atoms with Gasteiger partial charge in [0.2, 0.25) is 0 Å². The van der Waals surface area contributed by atoms with Crippen molar-refractivity contribution in [1.29, 1.82) is 0 Å². The van der Waals surface area contributed by atoms with Crippen LogP contribution in [0.15, 0.2) is 35.7 Å². The Labute approximate surface area is 186 Å². The van der Waals surface area contributed by atoms with Crippen molar-refractivity contribution in [3.8, 4) is 0 Å². The Morgan fingerprint density at radius 3 is 2.16 bits per heavy atom. The molecule has 2 fully saturated rings. The zero-order chi connectivity index (χ0) is 22.2. The SMILES string of the molecule is O=C(Nc1ccc(C(F)(F)F)cc1)N1CCC2(CCN(C(=O)c3sccc3Cl)CC2)C1. The van der Waals surface area contributed by atoms with Gasteiger partial charge in [-0.25, -0.2) is 4.79 Å². The summed E-state index contributed by atoms with van der Waals surface area (Å²) in [7, 11) is 0. The van der Waals surface area contributed by atoms with E-state index in [9.17, 15) is 22.8 Å². The first-order valence-corrected chi connectivity index (χ1v) is 11.2. The Hall–Kier alpha value is -2.26. The molecule has 1 N–H and O–H groups in total. The zero-order valence-corrected chi connectivity index (χ0v) is 18.1. The van der Waals surface area contributed by atoms with Crippen molar-refractivity contribution in [3.05, 3.63) is 51.2 Å². The molecule has 1 aromatic carbocycles. The fourth-order valence-corrected chi connectivity index (χ4v) is 5.34. The van der Waals surface area contributed by atoms with Crippen LogP contribution in [0.25, 0.3) is 0 Å². The molecule has 4 rings (SSSR count). The fraction of sp³-hybridized carbons (Fsp3) is 0.429. The predicted octanol–water partition coefficient (Wildman–Crippen LogP) is 5.58. The maximum absolute atomic E-state index is 12.7. The first-order chi connectivity index (χ1) is 14.7. The quantitative estimate of drug-likeness (QED) is 0.621. The number of likely N-dealkylation sites (tertiary alicyclic amines) is 2. The van der Waals surface area contributed by atoms with Gasteiger partial charge in [0.25, 0.3) is 5.91 Å². The van der Waals surface area contributed by atoms with Crippen LogP contribution < -0.4 is 5.32 Å². The van der Waals surface area contributed by atoms with Gasteiger partial charge in [-0.15, -0.1) is 11.3 Å². The van der Waals surface area contributed by atoms with Crippen molar-refractivity contribution in [3.63, 3.8) is 0 Å². The third-order valence-electron chi connectivity index (χ3n) is 6.11. The van der Waals surface area contributed by atoms with Crippen molar-refractivity contribution in [2.45, 2.75) is 25.4 Å². The molecule has 1 aromatic heterocycles. The summed E-state index contributed by atoms with van der Waals surface area (Å²) in [4.78, 5) is 29.3. The molecule has 3 amide bonds. The maximum atomic E-state index is 12.7. The Bertz CT molecular complexity index is 969. The highest BCUT2D eigenvalue weighted by atomic mass is 35.5. The van der Waals surface area contributed by atoms with Crippen LogP contribution in [0.2, 0.25) is 5.02 Å². The van der Waals surface area contributed by atoms with E-state index >= 15 is 0 Å². The minimum atomic E-state index is -4.41. The minimum absolute atomic E-state index is 0.0342. The van der Waals surface area contributed by atoms with Crippen molar-refractivity contribution >= 4 is 40.6 Å². The van der Waals surface area contributed by atoms with Crippen LogP contribution in [0.1, 0.15) is 34.5 Å². The standard InChI is InChI=1S/C21H21ClF3N3O2S/c22-16-5-12-31-17(16)18(29)27-9-6-20(7-10-27)8-11-28(13-20)19(30)26-15-3-1-14(2-4-15)21(23,24)25/h1-5,12H,6-11,13H2,(H,26,30). The van der Waals surface area contributed by atoms with Gasteiger partial charge in [0.1, 0.15) is 4.88 Å². The van der Waals surface area contributed by atoms with Gasteiger partial charge in [-0.1, -0.05) is 11.6 Å². The van der Waals surface area contributed by atoms with E-state index in [4.69, 9.17) is 11.6 Å². The third-order valence-corrected chi connectivity index (χ3v) is 7.44. The fourth-order valence-electron chi connectivity index (χ4n) is 4.24. The van der Waals surface area contributed by atoms with Gasteiger partial charge in [-0.3, -0.25) is 4.79 Å². The van der Waals surface area contributed by atoms with E-state index in [1.807, 2.05) is 4.90 Å². The highest BCUT2D eigenvalue weighted by molar-refractivity contribution is 7.12. The average molecular weight is 472 g/mol. The van der Waals surface area contributed by atoms with Gasteiger partial charge in [0.05, 0.1) is 10.6 Å². The molecule has 2 aliphatic heterocycles. The number of piperidine rings is 1.